The van der Waals surface area contributed by atoms with Gasteiger partial charge in [-0.05, 0) is 12.8 Å². The highest BCUT2D eigenvalue weighted by Gasteiger charge is 2.29. The van der Waals surface area contributed by atoms with E-state index in [2.05, 4.69) is 21.8 Å². The lowest BCUT2D eigenvalue weighted by atomic mass is 10.4. The summed E-state index contributed by atoms with van der Waals surface area (Å²) in [5, 5.41) is 8.10. The molecule has 1 saturated heterocycles. The van der Waals surface area contributed by atoms with Crippen LogP contribution in [0.4, 0.5) is 5.00 Å². The Balaban J connectivity index is 2.06. The Kier molecular flexibility index (Phi) is 3.95. The summed E-state index contributed by atoms with van der Waals surface area (Å²) in [6.07, 6.45) is 1.72. The molecule has 1 N–H and O–H groups in total. The smallest absolute Gasteiger partial charge is 0.214 e. The zero-order chi connectivity index (χ0) is 12.3. The van der Waals surface area contributed by atoms with Crippen molar-refractivity contribution in [1.29, 1.82) is 0 Å². The van der Waals surface area contributed by atoms with Crippen LogP contribution in [0.1, 0.15) is 25.5 Å². The van der Waals surface area contributed by atoms with E-state index in [9.17, 15) is 8.42 Å². The Labute approximate surface area is 105 Å². The first kappa shape index (κ1) is 12.7. The molecule has 0 aromatic carbocycles. The van der Waals surface area contributed by atoms with Gasteiger partial charge >= 0.3 is 0 Å². The van der Waals surface area contributed by atoms with Crippen molar-refractivity contribution in [2.75, 3.05) is 24.2 Å². The van der Waals surface area contributed by atoms with Crippen molar-refractivity contribution < 1.29 is 8.42 Å². The number of sulfonamides is 1. The van der Waals surface area contributed by atoms with Crippen LogP contribution in [0.2, 0.25) is 0 Å². The average Bonchev–Trinajstić information content (AvgIpc) is 2.84. The molecule has 0 spiro atoms. The van der Waals surface area contributed by atoms with E-state index in [0.717, 1.165) is 23.7 Å². The minimum Gasteiger partial charge on any atom is -0.374 e. The van der Waals surface area contributed by atoms with Crippen LogP contribution >= 0.6 is 11.5 Å². The summed E-state index contributed by atoms with van der Waals surface area (Å²) in [6, 6.07) is 0. The molecule has 1 fully saturated rings. The zero-order valence-corrected chi connectivity index (χ0v) is 11.4. The molecular formula is C9H16N4O2S2. The molecule has 0 bridgehead atoms. The van der Waals surface area contributed by atoms with Gasteiger partial charge in [-0.15, -0.1) is 5.10 Å². The number of rotatable bonds is 5. The summed E-state index contributed by atoms with van der Waals surface area (Å²) >= 11 is 1.28. The van der Waals surface area contributed by atoms with E-state index in [1.54, 1.807) is 0 Å². The average molecular weight is 276 g/mol. The largest absolute Gasteiger partial charge is 0.374 e. The third-order valence-electron chi connectivity index (χ3n) is 2.62. The number of nitrogens with zero attached hydrogens (tertiary/aromatic N) is 3. The predicted octanol–water partition coefficient (Wildman–Crippen LogP) is 0.895. The third kappa shape index (κ3) is 2.93. The minimum absolute atomic E-state index is 0.252. The van der Waals surface area contributed by atoms with Crippen LogP contribution in [0.3, 0.4) is 0 Å². The Bertz CT molecular complexity index is 471. The number of nitrogens with one attached hydrogen (secondary N) is 1. The first-order valence-electron chi connectivity index (χ1n) is 5.66. The van der Waals surface area contributed by atoms with E-state index in [-0.39, 0.29) is 5.75 Å². The molecule has 0 amide bonds. The standard InChI is InChI=1S/C9H16N4O2S2/c1-2-4-10-9-8(11-12-16-9)7-13-5-3-6-17(13,14)15/h10H,2-7H2,1H3. The first-order valence-corrected chi connectivity index (χ1v) is 8.04. The molecule has 1 aliphatic heterocycles. The van der Waals surface area contributed by atoms with Crippen LogP contribution in [0.15, 0.2) is 0 Å². The molecule has 8 heteroatoms. The normalized spacial score (nSPS) is 19.6. The van der Waals surface area contributed by atoms with E-state index in [1.807, 2.05) is 0 Å². The lowest BCUT2D eigenvalue weighted by Crippen LogP contribution is -2.25. The van der Waals surface area contributed by atoms with Crippen LogP contribution in [0, 0.1) is 0 Å². The summed E-state index contributed by atoms with van der Waals surface area (Å²) in [5.41, 5.74) is 0.730. The predicted molar refractivity (Wildman–Crippen MR) is 67.5 cm³/mol. The summed E-state index contributed by atoms with van der Waals surface area (Å²) in [7, 11) is -3.06. The van der Waals surface area contributed by atoms with Crippen LogP contribution in [0.25, 0.3) is 0 Å². The third-order valence-corrected chi connectivity index (χ3v) is 5.25. The number of aromatic nitrogens is 2. The maximum absolute atomic E-state index is 11.7. The highest BCUT2D eigenvalue weighted by molar-refractivity contribution is 7.89. The van der Waals surface area contributed by atoms with Gasteiger partial charge in [-0.25, -0.2) is 8.42 Å². The molecular weight excluding hydrogens is 260 g/mol. The Morgan fingerprint density at radius 1 is 1.53 bits per heavy atom. The van der Waals surface area contributed by atoms with Crippen molar-refractivity contribution in [2.45, 2.75) is 26.3 Å². The van der Waals surface area contributed by atoms with Gasteiger partial charge in [0, 0.05) is 24.6 Å². The van der Waals surface area contributed by atoms with E-state index in [0.29, 0.717) is 19.5 Å². The molecule has 0 radical (unpaired) electrons. The fraction of sp³-hybridized carbons (Fsp3) is 0.778. The van der Waals surface area contributed by atoms with Crippen LogP contribution in [-0.2, 0) is 16.6 Å². The van der Waals surface area contributed by atoms with Gasteiger partial charge < -0.3 is 5.32 Å². The molecule has 1 aromatic heterocycles. The van der Waals surface area contributed by atoms with Gasteiger partial charge in [0.1, 0.15) is 10.7 Å². The number of hydrogen-bond acceptors (Lipinski definition) is 6. The molecule has 1 aliphatic rings. The first-order chi connectivity index (χ1) is 8.13. The van der Waals surface area contributed by atoms with Gasteiger partial charge in [-0.3, -0.25) is 0 Å². The number of hydrogen-bond donors (Lipinski definition) is 1. The molecule has 0 unspecified atom stereocenters. The van der Waals surface area contributed by atoms with Gasteiger partial charge in [0.05, 0.1) is 12.3 Å². The second kappa shape index (κ2) is 5.28. The maximum atomic E-state index is 11.7. The minimum atomic E-state index is -3.06. The highest BCUT2D eigenvalue weighted by atomic mass is 32.2. The second-order valence-electron chi connectivity index (χ2n) is 3.98. The van der Waals surface area contributed by atoms with Gasteiger partial charge in [0.2, 0.25) is 10.0 Å². The SMILES string of the molecule is CCCNc1snnc1CN1CCCS1(=O)=O. The quantitative estimate of drug-likeness (QED) is 0.864. The Hall–Kier alpha value is -0.730. The monoisotopic (exact) mass is 276 g/mol. The summed E-state index contributed by atoms with van der Waals surface area (Å²) < 4.78 is 28.7. The van der Waals surface area contributed by atoms with Crippen molar-refractivity contribution in [2.24, 2.45) is 0 Å². The van der Waals surface area contributed by atoms with Crippen LogP contribution in [-0.4, -0.2) is 41.2 Å². The molecule has 0 saturated carbocycles. The molecule has 96 valence electrons. The van der Waals surface area contributed by atoms with Crippen molar-refractivity contribution in [1.82, 2.24) is 13.9 Å². The Morgan fingerprint density at radius 2 is 2.35 bits per heavy atom. The van der Waals surface area contributed by atoms with E-state index in [4.69, 9.17) is 0 Å². The molecule has 2 heterocycles. The van der Waals surface area contributed by atoms with Crippen molar-refractivity contribution >= 4 is 26.6 Å². The van der Waals surface area contributed by atoms with E-state index >= 15 is 0 Å². The summed E-state index contributed by atoms with van der Waals surface area (Å²) in [4.78, 5) is 0. The molecule has 6 nitrogen and oxygen atoms in total. The molecule has 2 rings (SSSR count). The number of anilines is 1. The topological polar surface area (TPSA) is 75.2 Å². The van der Waals surface area contributed by atoms with Crippen LogP contribution in [0.5, 0.6) is 0 Å². The Morgan fingerprint density at radius 3 is 3.00 bits per heavy atom. The van der Waals surface area contributed by atoms with Crippen molar-refractivity contribution in [3.05, 3.63) is 5.69 Å². The maximum Gasteiger partial charge on any atom is 0.214 e. The lowest BCUT2D eigenvalue weighted by Gasteiger charge is -2.13. The highest BCUT2D eigenvalue weighted by Crippen LogP contribution is 2.23. The van der Waals surface area contributed by atoms with E-state index in [1.165, 1.54) is 15.8 Å². The fourth-order valence-electron chi connectivity index (χ4n) is 1.72. The zero-order valence-electron chi connectivity index (χ0n) is 9.72. The second-order valence-corrected chi connectivity index (χ2v) is 6.82. The van der Waals surface area contributed by atoms with Gasteiger partial charge in [-0.2, -0.15) is 4.31 Å². The lowest BCUT2D eigenvalue weighted by molar-refractivity contribution is 0.435. The fourth-order valence-corrected chi connectivity index (χ4v) is 3.80. The summed E-state index contributed by atoms with van der Waals surface area (Å²) in [6.45, 7) is 3.85. The molecule has 17 heavy (non-hydrogen) atoms. The molecule has 0 atom stereocenters. The van der Waals surface area contributed by atoms with Crippen molar-refractivity contribution in [3.63, 3.8) is 0 Å². The molecule has 1 aromatic rings. The van der Waals surface area contributed by atoms with Crippen LogP contribution < -0.4 is 5.32 Å². The van der Waals surface area contributed by atoms with Gasteiger partial charge in [-0.1, -0.05) is 11.4 Å². The molecule has 0 aliphatic carbocycles. The van der Waals surface area contributed by atoms with E-state index < -0.39 is 10.0 Å². The summed E-state index contributed by atoms with van der Waals surface area (Å²) in [5.74, 6) is 0.252. The van der Waals surface area contributed by atoms with Gasteiger partial charge in [0.25, 0.3) is 0 Å². The van der Waals surface area contributed by atoms with Gasteiger partial charge in [0.15, 0.2) is 0 Å². The van der Waals surface area contributed by atoms with Crippen molar-refractivity contribution in [3.8, 4) is 0 Å².